The van der Waals surface area contributed by atoms with Gasteiger partial charge in [0.1, 0.15) is 13.2 Å². The first-order valence-electron chi connectivity index (χ1n) is 28.9. The molecule has 0 radical (unpaired) electrons. The SMILES string of the molecule is CCCCC/C=C\C/C=C\C/C=C\C/C=C\CCCC(=O)OCC(COC(=O)CCCCCCC/C=C\CCCCCCCCC)OC(=O)CCCCCCCCC/C=C\CCCCCCCC. The molecule has 0 aromatic carbocycles. The van der Waals surface area contributed by atoms with E-state index in [2.05, 4.69) is 93.7 Å². The lowest BCUT2D eigenvalue weighted by molar-refractivity contribution is -0.167. The van der Waals surface area contributed by atoms with Crippen molar-refractivity contribution >= 4 is 17.9 Å². The Morgan fingerprint density at radius 3 is 0.926 bits per heavy atom. The highest BCUT2D eigenvalue weighted by atomic mass is 16.6. The van der Waals surface area contributed by atoms with Crippen molar-refractivity contribution in [2.45, 2.75) is 290 Å². The van der Waals surface area contributed by atoms with Crippen molar-refractivity contribution in [3.8, 4) is 0 Å². The summed E-state index contributed by atoms with van der Waals surface area (Å²) in [5.74, 6) is -0.960. The fourth-order valence-corrected chi connectivity index (χ4v) is 8.01. The van der Waals surface area contributed by atoms with E-state index in [-0.39, 0.29) is 37.5 Å². The Hall–Kier alpha value is -3.15. The Kier molecular flexibility index (Phi) is 53.8. The molecule has 0 amide bonds. The zero-order chi connectivity index (χ0) is 49.3. The fraction of sp³-hybridized carbons (Fsp3) is 0.758. The van der Waals surface area contributed by atoms with Crippen LogP contribution in [0.15, 0.2) is 72.9 Å². The summed E-state index contributed by atoms with van der Waals surface area (Å²) in [6, 6.07) is 0. The quantitative estimate of drug-likeness (QED) is 0.0262. The van der Waals surface area contributed by atoms with Crippen LogP contribution in [-0.2, 0) is 28.6 Å². The molecule has 0 N–H and O–H groups in total. The third-order valence-electron chi connectivity index (χ3n) is 12.4. The Morgan fingerprint density at radius 1 is 0.294 bits per heavy atom. The van der Waals surface area contributed by atoms with Gasteiger partial charge in [-0.2, -0.15) is 0 Å². The number of carbonyl (C=O) groups is 3. The Balaban J connectivity index is 4.48. The molecule has 0 saturated carbocycles. The van der Waals surface area contributed by atoms with Crippen molar-refractivity contribution in [3.63, 3.8) is 0 Å². The van der Waals surface area contributed by atoms with Crippen molar-refractivity contribution in [1.82, 2.24) is 0 Å². The van der Waals surface area contributed by atoms with Gasteiger partial charge in [0.15, 0.2) is 6.10 Å². The van der Waals surface area contributed by atoms with Crippen LogP contribution >= 0.6 is 0 Å². The number of hydrogen-bond donors (Lipinski definition) is 0. The monoisotopic (exact) mass is 949 g/mol. The van der Waals surface area contributed by atoms with Gasteiger partial charge in [0.25, 0.3) is 0 Å². The van der Waals surface area contributed by atoms with Gasteiger partial charge in [-0.05, 0) is 109 Å². The van der Waals surface area contributed by atoms with Crippen LogP contribution in [0.25, 0.3) is 0 Å². The minimum Gasteiger partial charge on any atom is -0.462 e. The zero-order valence-corrected chi connectivity index (χ0v) is 44.9. The van der Waals surface area contributed by atoms with Gasteiger partial charge < -0.3 is 14.2 Å². The number of ether oxygens (including phenoxy) is 3. The summed E-state index contributed by atoms with van der Waals surface area (Å²) in [6.45, 7) is 6.57. The summed E-state index contributed by atoms with van der Waals surface area (Å²) in [7, 11) is 0. The minimum absolute atomic E-state index is 0.0977. The van der Waals surface area contributed by atoms with E-state index in [0.717, 1.165) is 70.6 Å². The van der Waals surface area contributed by atoms with Crippen molar-refractivity contribution in [1.29, 1.82) is 0 Å². The van der Waals surface area contributed by atoms with Crippen molar-refractivity contribution < 1.29 is 28.6 Å². The second-order valence-electron chi connectivity index (χ2n) is 19.2. The molecule has 0 saturated heterocycles. The number of allylic oxidation sites excluding steroid dienone is 12. The van der Waals surface area contributed by atoms with Crippen LogP contribution in [0, 0.1) is 0 Å². The number of rotatable bonds is 52. The number of carbonyl (C=O) groups excluding carboxylic acids is 3. The Bertz CT molecular complexity index is 1270. The first-order chi connectivity index (χ1) is 33.5. The molecular weight excluding hydrogens is 841 g/mol. The molecule has 0 aliphatic rings. The van der Waals surface area contributed by atoms with Crippen LogP contribution < -0.4 is 0 Å². The maximum atomic E-state index is 12.9. The summed E-state index contributed by atoms with van der Waals surface area (Å²) < 4.78 is 16.8. The Morgan fingerprint density at radius 2 is 0.544 bits per heavy atom. The molecule has 0 heterocycles. The molecule has 0 aliphatic carbocycles. The molecular formula is C62H108O6. The predicted molar refractivity (Wildman–Crippen MR) is 293 cm³/mol. The normalized spacial score (nSPS) is 12.6. The first-order valence-corrected chi connectivity index (χ1v) is 28.9. The van der Waals surface area contributed by atoms with E-state index in [1.54, 1.807) is 0 Å². The van der Waals surface area contributed by atoms with Crippen LogP contribution in [0.2, 0.25) is 0 Å². The smallest absolute Gasteiger partial charge is 0.306 e. The lowest BCUT2D eigenvalue weighted by atomic mass is 10.1. The molecule has 0 aliphatic heterocycles. The molecule has 392 valence electrons. The number of hydrogen-bond acceptors (Lipinski definition) is 6. The molecule has 68 heavy (non-hydrogen) atoms. The molecule has 0 aromatic heterocycles. The second-order valence-corrected chi connectivity index (χ2v) is 19.2. The lowest BCUT2D eigenvalue weighted by Gasteiger charge is -2.18. The molecule has 6 heteroatoms. The molecule has 6 nitrogen and oxygen atoms in total. The lowest BCUT2D eigenvalue weighted by Crippen LogP contribution is -2.30. The summed E-state index contributed by atoms with van der Waals surface area (Å²) in [4.78, 5) is 38.1. The van der Waals surface area contributed by atoms with Crippen LogP contribution in [0.3, 0.4) is 0 Å². The highest BCUT2D eigenvalue weighted by molar-refractivity contribution is 5.71. The van der Waals surface area contributed by atoms with Crippen molar-refractivity contribution in [2.75, 3.05) is 13.2 Å². The molecule has 1 unspecified atom stereocenters. The van der Waals surface area contributed by atoms with Crippen LogP contribution in [0.5, 0.6) is 0 Å². The van der Waals surface area contributed by atoms with Gasteiger partial charge in [0.2, 0.25) is 0 Å². The van der Waals surface area contributed by atoms with E-state index in [1.165, 1.54) is 167 Å². The minimum atomic E-state index is -0.803. The summed E-state index contributed by atoms with van der Waals surface area (Å²) in [5.41, 5.74) is 0. The second kappa shape index (κ2) is 56.4. The average Bonchev–Trinajstić information content (AvgIpc) is 3.34. The zero-order valence-electron chi connectivity index (χ0n) is 44.9. The maximum absolute atomic E-state index is 12.9. The molecule has 0 aromatic rings. The van der Waals surface area contributed by atoms with E-state index in [1.807, 2.05) is 0 Å². The maximum Gasteiger partial charge on any atom is 0.306 e. The number of unbranched alkanes of at least 4 members (excludes halogenated alkanes) is 29. The van der Waals surface area contributed by atoms with Gasteiger partial charge in [-0.3, -0.25) is 14.4 Å². The van der Waals surface area contributed by atoms with Gasteiger partial charge in [-0.1, -0.05) is 229 Å². The summed E-state index contributed by atoms with van der Waals surface area (Å²) >= 11 is 0. The van der Waals surface area contributed by atoms with Crippen molar-refractivity contribution in [3.05, 3.63) is 72.9 Å². The van der Waals surface area contributed by atoms with Crippen LogP contribution in [0.4, 0.5) is 0 Å². The van der Waals surface area contributed by atoms with Gasteiger partial charge in [0.05, 0.1) is 0 Å². The van der Waals surface area contributed by atoms with Crippen molar-refractivity contribution in [2.24, 2.45) is 0 Å². The van der Waals surface area contributed by atoms with Crippen LogP contribution in [-0.4, -0.2) is 37.2 Å². The van der Waals surface area contributed by atoms with E-state index in [9.17, 15) is 14.4 Å². The first kappa shape index (κ1) is 64.8. The van der Waals surface area contributed by atoms with E-state index in [0.29, 0.717) is 19.3 Å². The molecule has 0 spiro atoms. The Labute approximate surface area is 421 Å². The van der Waals surface area contributed by atoms with Gasteiger partial charge in [-0.25, -0.2) is 0 Å². The highest BCUT2D eigenvalue weighted by Gasteiger charge is 2.19. The van der Waals surface area contributed by atoms with Gasteiger partial charge in [0, 0.05) is 19.3 Å². The topological polar surface area (TPSA) is 78.9 Å². The molecule has 1 atom stereocenters. The average molecular weight is 950 g/mol. The van der Waals surface area contributed by atoms with E-state index < -0.39 is 6.10 Å². The summed E-state index contributed by atoms with van der Waals surface area (Å²) in [5, 5.41) is 0. The van der Waals surface area contributed by atoms with Gasteiger partial charge >= 0.3 is 17.9 Å². The van der Waals surface area contributed by atoms with E-state index in [4.69, 9.17) is 14.2 Å². The number of esters is 3. The molecule has 0 fully saturated rings. The third-order valence-corrected chi connectivity index (χ3v) is 12.4. The van der Waals surface area contributed by atoms with E-state index >= 15 is 0 Å². The molecule has 0 bridgehead atoms. The standard InChI is InChI=1S/C62H108O6/c1-4-7-10-13-16-19-22-25-28-31-34-37-40-43-46-49-52-55-61(64)67-58-59(57-66-60(63)54-51-48-45-42-39-36-33-30-27-24-21-18-15-12-9-6-3)68-62(65)56-53-50-47-44-41-38-35-32-29-26-23-20-17-14-11-8-5-2/h16,19,25-26,28-30,33-34,37,43,46,59H,4-15,17-18,20-24,27,31-32,35-36,38-42,44-45,47-58H2,1-3H3/b19-16-,28-25-,29-26-,33-30-,37-34-,46-43-. The molecule has 0 rings (SSSR count). The van der Waals surface area contributed by atoms with Crippen LogP contribution in [0.1, 0.15) is 284 Å². The third kappa shape index (κ3) is 53.8. The summed E-state index contributed by atoms with van der Waals surface area (Å²) in [6.07, 6.45) is 71.8. The predicted octanol–water partition coefficient (Wildman–Crippen LogP) is 19.4. The highest BCUT2D eigenvalue weighted by Crippen LogP contribution is 2.14. The largest absolute Gasteiger partial charge is 0.462 e. The van der Waals surface area contributed by atoms with Gasteiger partial charge in [-0.15, -0.1) is 0 Å². The fourth-order valence-electron chi connectivity index (χ4n) is 8.01.